The van der Waals surface area contributed by atoms with E-state index in [1.807, 2.05) is 5.51 Å². The highest BCUT2D eigenvalue weighted by atomic mass is 32.1. The molecule has 0 aliphatic heterocycles. The Morgan fingerprint density at radius 3 is 2.88 bits per heavy atom. The summed E-state index contributed by atoms with van der Waals surface area (Å²) >= 11 is 1.65. The summed E-state index contributed by atoms with van der Waals surface area (Å²) in [5.41, 5.74) is 5.36. The summed E-state index contributed by atoms with van der Waals surface area (Å²) in [5.74, 6) is 0. The molecule has 1 fully saturated rings. The highest BCUT2D eigenvalue weighted by Crippen LogP contribution is 2.33. The van der Waals surface area contributed by atoms with E-state index in [4.69, 9.17) is 5.10 Å². The van der Waals surface area contributed by atoms with Gasteiger partial charge in [0.25, 0.3) is 0 Å². The second kappa shape index (κ2) is 4.61. The fourth-order valence-corrected chi connectivity index (χ4v) is 3.12. The van der Waals surface area contributed by atoms with Gasteiger partial charge in [0.15, 0.2) is 0 Å². The van der Waals surface area contributed by atoms with Gasteiger partial charge in [0.1, 0.15) is 0 Å². The lowest BCUT2D eigenvalue weighted by Gasteiger charge is -2.12. The zero-order valence-corrected chi connectivity index (χ0v) is 10.9. The molecule has 0 spiro atoms. The number of hydrogen-bond donors (Lipinski definition) is 0. The van der Waals surface area contributed by atoms with Gasteiger partial charge < -0.3 is 0 Å². The minimum absolute atomic E-state index is 0.590. The lowest BCUT2D eigenvalue weighted by molar-refractivity contribution is 0.468. The Hall–Kier alpha value is -1.16. The fourth-order valence-electron chi connectivity index (χ4n) is 2.58. The number of hydrogen-bond acceptors (Lipinski definition) is 3. The molecule has 2 aromatic rings. The lowest BCUT2D eigenvalue weighted by Crippen LogP contribution is -2.08. The van der Waals surface area contributed by atoms with E-state index in [-0.39, 0.29) is 0 Å². The van der Waals surface area contributed by atoms with Crippen molar-refractivity contribution in [3.05, 3.63) is 22.7 Å². The summed E-state index contributed by atoms with van der Waals surface area (Å²) < 4.78 is 2.22. The van der Waals surface area contributed by atoms with Crippen molar-refractivity contribution in [2.45, 2.75) is 45.1 Å². The Morgan fingerprint density at radius 2 is 2.24 bits per heavy atom. The summed E-state index contributed by atoms with van der Waals surface area (Å²) in [4.78, 5) is 4.42. The van der Waals surface area contributed by atoms with Crippen LogP contribution in [0.3, 0.4) is 0 Å². The SMILES string of the molecule is CCc1cc(-c2cscn2)n(C2CCCC2)n1. The molecule has 1 aliphatic carbocycles. The number of rotatable bonds is 3. The third-order valence-corrected chi connectivity index (χ3v) is 4.10. The maximum Gasteiger partial charge on any atom is 0.0992 e. The molecule has 2 aromatic heterocycles. The predicted octanol–water partition coefficient (Wildman–Crippen LogP) is 3.68. The van der Waals surface area contributed by atoms with Gasteiger partial charge >= 0.3 is 0 Å². The second-order valence-electron chi connectivity index (χ2n) is 4.63. The molecule has 0 bridgehead atoms. The average Bonchev–Trinajstić information content (AvgIpc) is 3.09. The van der Waals surface area contributed by atoms with E-state index in [1.54, 1.807) is 11.3 Å². The molecule has 90 valence electrons. The predicted molar refractivity (Wildman–Crippen MR) is 70.2 cm³/mol. The van der Waals surface area contributed by atoms with Crippen LogP contribution in [-0.4, -0.2) is 14.8 Å². The van der Waals surface area contributed by atoms with E-state index in [0.717, 1.165) is 12.1 Å². The molecular weight excluding hydrogens is 230 g/mol. The topological polar surface area (TPSA) is 30.7 Å². The maximum absolute atomic E-state index is 4.75. The highest BCUT2D eigenvalue weighted by Gasteiger charge is 2.22. The zero-order chi connectivity index (χ0) is 11.7. The van der Waals surface area contributed by atoms with Crippen molar-refractivity contribution in [1.82, 2.24) is 14.8 Å². The molecular formula is C13H17N3S. The van der Waals surface area contributed by atoms with Crippen LogP contribution in [0, 0.1) is 0 Å². The first-order valence-electron chi connectivity index (χ1n) is 6.35. The van der Waals surface area contributed by atoms with Crippen molar-refractivity contribution in [1.29, 1.82) is 0 Å². The van der Waals surface area contributed by atoms with Gasteiger partial charge in [-0.25, -0.2) is 4.98 Å². The molecule has 3 rings (SSSR count). The van der Waals surface area contributed by atoms with Crippen LogP contribution in [-0.2, 0) is 6.42 Å². The van der Waals surface area contributed by atoms with Crippen molar-refractivity contribution in [3.63, 3.8) is 0 Å². The summed E-state index contributed by atoms with van der Waals surface area (Å²) in [6, 6.07) is 2.79. The minimum Gasteiger partial charge on any atom is -0.260 e. The standard InChI is InChI=1S/C13H17N3S/c1-2-10-7-13(12-8-17-9-14-12)16(15-10)11-5-3-4-6-11/h7-9,11H,2-6H2,1H3. The normalized spacial score (nSPS) is 16.8. The van der Waals surface area contributed by atoms with Gasteiger partial charge in [-0.15, -0.1) is 11.3 Å². The first-order valence-corrected chi connectivity index (χ1v) is 7.29. The van der Waals surface area contributed by atoms with Gasteiger partial charge in [-0.3, -0.25) is 4.68 Å². The van der Waals surface area contributed by atoms with Crippen LogP contribution in [0.2, 0.25) is 0 Å². The molecule has 0 amide bonds. The maximum atomic E-state index is 4.75. The van der Waals surface area contributed by atoms with Crippen LogP contribution in [0.25, 0.3) is 11.4 Å². The summed E-state index contributed by atoms with van der Waals surface area (Å²) in [5, 5.41) is 6.86. The van der Waals surface area contributed by atoms with E-state index >= 15 is 0 Å². The minimum atomic E-state index is 0.590. The summed E-state index contributed by atoms with van der Waals surface area (Å²) in [6.07, 6.45) is 6.20. The largest absolute Gasteiger partial charge is 0.260 e. The van der Waals surface area contributed by atoms with Gasteiger partial charge in [0.05, 0.1) is 28.6 Å². The van der Waals surface area contributed by atoms with Crippen molar-refractivity contribution in [2.24, 2.45) is 0 Å². The fraction of sp³-hybridized carbons (Fsp3) is 0.538. The molecule has 0 saturated heterocycles. The number of nitrogens with zero attached hydrogens (tertiary/aromatic N) is 3. The van der Waals surface area contributed by atoms with E-state index in [0.29, 0.717) is 6.04 Å². The van der Waals surface area contributed by atoms with Crippen molar-refractivity contribution >= 4 is 11.3 Å². The quantitative estimate of drug-likeness (QED) is 0.828. The van der Waals surface area contributed by atoms with E-state index in [2.05, 4.69) is 28.0 Å². The molecule has 17 heavy (non-hydrogen) atoms. The van der Waals surface area contributed by atoms with Crippen LogP contribution in [0.15, 0.2) is 17.0 Å². The number of thiazole rings is 1. The van der Waals surface area contributed by atoms with Crippen LogP contribution < -0.4 is 0 Å². The Morgan fingerprint density at radius 1 is 1.41 bits per heavy atom. The van der Waals surface area contributed by atoms with Gasteiger partial charge in [-0.05, 0) is 25.3 Å². The molecule has 1 aliphatic rings. The third kappa shape index (κ3) is 2.02. The van der Waals surface area contributed by atoms with Crippen molar-refractivity contribution in [3.8, 4) is 11.4 Å². The zero-order valence-electron chi connectivity index (χ0n) is 10.1. The van der Waals surface area contributed by atoms with Gasteiger partial charge in [-0.2, -0.15) is 5.10 Å². The molecule has 3 nitrogen and oxygen atoms in total. The summed E-state index contributed by atoms with van der Waals surface area (Å²) in [7, 11) is 0. The summed E-state index contributed by atoms with van der Waals surface area (Å²) in [6.45, 7) is 2.16. The Kier molecular flexibility index (Phi) is 2.97. The third-order valence-electron chi connectivity index (χ3n) is 3.51. The van der Waals surface area contributed by atoms with E-state index in [1.165, 1.54) is 37.1 Å². The van der Waals surface area contributed by atoms with E-state index < -0.39 is 0 Å². The van der Waals surface area contributed by atoms with Gasteiger partial charge in [0, 0.05) is 5.38 Å². The van der Waals surface area contributed by atoms with Crippen LogP contribution >= 0.6 is 11.3 Å². The Labute approximate surface area is 106 Å². The number of aromatic nitrogens is 3. The average molecular weight is 247 g/mol. The Bertz CT molecular complexity index is 481. The van der Waals surface area contributed by atoms with Crippen molar-refractivity contribution < 1.29 is 0 Å². The molecule has 2 heterocycles. The van der Waals surface area contributed by atoms with E-state index in [9.17, 15) is 0 Å². The van der Waals surface area contributed by atoms with Crippen LogP contribution in [0.4, 0.5) is 0 Å². The highest BCUT2D eigenvalue weighted by molar-refractivity contribution is 7.07. The number of aryl methyl sites for hydroxylation is 1. The molecule has 1 saturated carbocycles. The molecule has 4 heteroatoms. The van der Waals surface area contributed by atoms with Crippen molar-refractivity contribution in [2.75, 3.05) is 0 Å². The van der Waals surface area contributed by atoms with Gasteiger partial charge in [0.2, 0.25) is 0 Å². The monoisotopic (exact) mass is 247 g/mol. The Balaban J connectivity index is 2.03. The molecule has 0 N–H and O–H groups in total. The molecule has 0 atom stereocenters. The van der Waals surface area contributed by atoms with Gasteiger partial charge in [-0.1, -0.05) is 19.8 Å². The van der Waals surface area contributed by atoms with Crippen LogP contribution in [0.5, 0.6) is 0 Å². The first kappa shape index (κ1) is 11.0. The first-order chi connectivity index (χ1) is 8.38. The lowest BCUT2D eigenvalue weighted by atomic mass is 10.2. The molecule has 0 radical (unpaired) electrons. The van der Waals surface area contributed by atoms with Crippen LogP contribution in [0.1, 0.15) is 44.3 Å². The molecule has 0 aromatic carbocycles. The molecule has 0 unspecified atom stereocenters. The smallest absolute Gasteiger partial charge is 0.0992 e. The second-order valence-corrected chi connectivity index (χ2v) is 5.35.